The van der Waals surface area contributed by atoms with Crippen LogP contribution >= 0.6 is 0 Å². The molecule has 3 N–H and O–H groups in total. The highest BCUT2D eigenvalue weighted by Gasteiger charge is 2.09. The molecule has 6 nitrogen and oxygen atoms in total. The van der Waals surface area contributed by atoms with Crippen LogP contribution in [0.15, 0.2) is 18.2 Å². The molecule has 0 aliphatic heterocycles. The minimum atomic E-state index is -0.710. The summed E-state index contributed by atoms with van der Waals surface area (Å²) in [6.07, 6.45) is 0. The van der Waals surface area contributed by atoms with Crippen molar-refractivity contribution in [2.45, 2.75) is 13.8 Å². The monoisotopic (exact) mass is 279 g/mol. The highest BCUT2D eigenvalue weighted by molar-refractivity contribution is 5.83. The van der Waals surface area contributed by atoms with Gasteiger partial charge in [0, 0.05) is 7.05 Å². The molecule has 0 unspecified atom stereocenters. The Morgan fingerprint density at radius 3 is 2.40 bits per heavy atom. The van der Waals surface area contributed by atoms with Gasteiger partial charge >= 0.3 is 6.03 Å². The largest absolute Gasteiger partial charge is 0.492 e. The number of carbonyl (C=O) groups excluding carboxylic acids is 2. The van der Waals surface area contributed by atoms with Gasteiger partial charge < -0.3 is 20.7 Å². The highest BCUT2D eigenvalue weighted by Crippen LogP contribution is 2.15. The molecule has 0 aliphatic carbocycles. The molecule has 0 saturated heterocycles. The van der Waals surface area contributed by atoms with Crippen molar-refractivity contribution in [1.82, 2.24) is 10.2 Å². The molecule has 1 aromatic rings. The number of nitrogens with zero attached hydrogens (tertiary/aromatic N) is 1. The Kier molecular flexibility index (Phi) is 5.83. The number of primary amides is 1. The molecule has 1 aromatic carbocycles. The maximum absolute atomic E-state index is 11.6. The smallest absolute Gasteiger partial charge is 0.312 e. The first kappa shape index (κ1) is 15.8. The van der Waals surface area contributed by atoms with E-state index in [0.717, 1.165) is 16.9 Å². The minimum absolute atomic E-state index is 0.102. The van der Waals surface area contributed by atoms with E-state index in [1.54, 1.807) is 7.05 Å². The molecule has 0 bridgehead atoms. The third-order valence-corrected chi connectivity index (χ3v) is 2.73. The summed E-state index contributed by atoms with van der Waals surface area (Å²) in [6, 6.07) is 5.25. The molecular weight excluding hydrogens is 258 g/mol. The topological polar surface area (TPSA) is 84.7 Å². The molecule has 0 aliphatic rings. The lowest BCUT2D eigenvalue weighted by atomic mass is 10.1. The first-order valence-electron chi connectivity index (χ1n) is 6.37. The summed E-state index contributed by atoms with van der Waals surface area (Å²) in [7, 11) is 1.65. The lowest BCUT2D eigenvalue weighted by Gasteiger charge is -2.17. The van der Waals surface area contributed by atoms with Gasteiger partial charge in [0.15, 0.2) is 0 Å². The standard InChI is InChI=1S/C14H21N3O3/c1-10-6-11(2)8-12(7-10)20-5-4-17(3)13(18)9-16-14(15)19/h6-8H,4-5,9H2,1-3H3,(H3,15,16,19). The first-order valence-corrected chi connectivity index (χ1v) is 6.37. The average molecular weight is 279 g/mol. The van der Waals surface area contributed by atoms with Gasteiger partial charge in [-0.1, -0.05) is 6.07 Å². The number of nitrogens with one attached hydrogen (secondary N) is 1. The van der Waals surface area contributed by atoms with Crippen LogP contribution in [-0.2, 0) is 4.79 Å². The van der Waals surface area contributed by atoms with Gasteiger partial charge in [0.25, 0.3) is 0 Å². The lowest BCUT2D eigenvalue weighted by Crippen LogP contribution is -2.41. The number of hydrogen-bond donors (Lipinski definition) is 2. The van der Waals surface area contributed by atoms with Crippen LogP contribution in [0.4, 0.5) is 4.79 Å². The number of urea groups is 1. The van der Waals surface area contributed by atoms with Gasteiger partial charge in [0.2, 0.25) is 5.91 Å². The highest BCUT2D eigenvalue weighted by atomic mass is 16.5. The van der Waals surface area contributed by atoms with Crippen LogP contribution in [0.1, 0.15) is 11.1 Å². The van der Waals surface area contributed by atoms with E-state index in [0.29, 0.717) is 13.2 Å². The zero-order valence-electron chi connectivity index (χ0n) is 12.1. The molecule has 0 atom stereocenters. The third-order valence-electron chi connectivity index (χ3n) is 2.73. The number of ether oxygens (including phenoxy) is 1. The molecule has 3 amide bonds. The zero-order chi connectivity index (χ0) is 15.1. The first-order chi connectivity index (χ1) is 9.38. The molecule has 0 radical (unpaired) electrons. The van der Waals surface area contributed by atoms with Crippen LogP contribution in [0, 0.1) is 13.8 Å². The quantitative estimate of drug-likeness (QED) is 0.808. The van der Waals surface area contributed by atoms with Crippen molar-refractivity contribution in [2.75, 3.05) is 26.7 Å². The number of nitrogens with two attached hydrogens (primary N) is 1. The van der Waals surface area contributed by atoms with Crippen LogP contribution in [0.2, 0.25) is 0 Å². The van der Waals surface area contributed by atoms with Crippen molar-refractivity contribution in [3.05, 3.63) is 29.3 Å². The van der Waals surface area contributed by atoms with Crippen LogP contribution in [0.5, 0.6) is 5.75 Å². The number of amides is 3. The number of carbonyl (C=O) groups is 2. The predicted octanol–water partition coefficient (Wildman–Crippen LogP) is 0.809. The molecule has 0 spiro atoms. The average Bonchev–Trinajstić information content (AvgIpc) is 2.34. The summed E-state index contributed by atoms with van der Waals surface area (Å²) < 4.78 is 5.61. The molecule has 6 heteroatoms. The van der Waals surface area contributed by atoms with Crippen molar-refractivity contribution in [3.8, 4) is 5.75 Å². The molecule has 0 saturated carbocycles. The van der Waals surface area contributed by atoms with Crippen LogP contribution in [-0.4, -0.2) is 43.6 Å². The Labute approximate surface area is 118 Å². The molecule has 1 rings (SSSR count). The number of aryl methyl sites for hydroxylation is 2. The number of hydrogen-bond acceptors (Lipinski definition) is 3. The number of rotatable bonds is 6. The van der Waals surface area contributed by atoms with Crippen LogP contribution in [0.25, 0.3) is 0 Å². The van der Waals surface area contributed by atoms with E-state index < -0.39 is 6.03 Å². The lowest BCUT2D eigenvalue weighted by molar-refractivity contribution is -0.129. The maximum Gasteiger partial charge on any atom is 0.312 e. The van der Waals surface area contributed by atoms with Gasteiger partial charge in [-0.15, -0.1) is 0 Å². The van der Waals surface area contributed by atoms with E-state index >= 15 is 0 Å². The van der Waals surface area contributed by atoms with E-state index in [2.05, 4.69) is 11.4 Å². The normalized spacial score (nSPS) is 9.95. The van der Waals surface area contributed by atoms with Gasteiger partial charge in [-0.2, -0.15) is 0 Å². The molecular formula is C14H21N3O3. The van der Waals surface area contributed by atoms with E-state index in [-0.39, 0.29) is 12.5 Å². The fourth-order valence-corrected chi connectivity index (χ4v) is 1.74. The Balaban J connectivity index is 2.36. The third kappa shape index (κ3) is 5.60. The summed E-state index contributed by atoms with van der Waals surface area (Å²) in [5, 5.41) is 2.26. The summed E-state index contributed by atoms with van der Waals surface area (Å²) in [5.41, 5.74) is 7.17. The summed E-state index contributed by atoms with van der Waals surface area (Å²) >= 11 is 0. The number of likely N-dealkylation sites (N-methyl/N-ethyl adjacent to an activating group) is 1. The summed E-state index contributed by atoms with van der Waals surface area (Å²) in [4.78, 5) is 23.6. The second kappa shape index (κ2) is 7.37. The van der Waals surface area contributed by atoms with E-state index in [9.17, 15) is 9.59 Å². The SMILES string of the molecule is Cc1cc(C)cc(OCCN(C)C(=O)CNC(N)=O)c1. The van der Waals surface area contributed by atoms with Gasteiger partial charge in [-0.05, 0) is 37.1 Å². The van der Waals surface area contributed by atoms with Gasteiger partial charge in [-0.3, -0.25) is 4.79 Å². The fourth-order valence-electron chi connectivity index (χ4n) is 1.74. The summed E-state index contributed by atoms with van der Waals surface area (Å²) in [5.74, 6) is 0.575. The molecule has 0 aromatic heterocycles. The Morgan fingerprint density at radius 1 is 1.25 bits per heavy atom. The Bertz CT molecular complexity index is 468. The Morgan fingerprint density at radius 2 is 1.85 bits per heavy atom. The van der Waals surface area contributed by atoms with E-state index in [1.165, 1.54) is 4.90 Å². The molecule has 110 valence electrons. The zero-order valence-corrected chi connectivity index (χ0v) is 12.1. The molecule has 0 heterocycles. The van der Waals surface area contributed by atoms with E-state index in [1.807, 2.05) is 26.0 Å². The second-order valence-electron chi connectivity index (χ2n) is 4.70. The second-order valence-corrected chi connectivity index (χ2v) is 4.70. The number of benzene rings is 1. The predicted molar refractivity (Wildman–Crippen MR) is 76.6 cm³/mol. The maximum atomic E-state index is 11.6. The Hall–Kier alpha value is -2.24. The van der Waals surface area contributed by atoms with Gasteiger partial charge in [-0.25, -0.2) is 4.79 Å². The molecule has 20 heavy (non-hydrogen) atoms. The van der Waals surface area contributed by atoms with Crippen LogP contribution < -0.4 is 15.8 Å². The van der Waals surface area contributed by atoms with Crippen molar-refractivity contribution >= 4 is 11.9 Å². The van der Waals surface area contributed by atoms with Crippen molar-refractivity contribution in [2.24, 2.45) is 5.73 Å². The van der Waals surface area contributed by atoms with Crippen molar-refractivity contribution < 1.29 is 14.3 Å². The van der Waals surface area contributed by atoms with Gasteiger partial charge in [0.1, 0.15) is 12.4 Å². The van der Waals surface area contributed by atoms with Crippen molar-refractivity contribution in [3.63, 3.8) is 0 Å². The van der Waals surface area contributed by atoms with Gasteiger partial charge in [0.05, 0.1) is 13.1 Å². The van der Waals surface area contributed by atoms with Crippen molar-refractivity contribution in [1.29, 1.82) is 0 Å². The summed E-state index contributed by atoms with van der Waals surface area (Å²) in [6.45, 7) is 4.74. The fraction of sp³-hybridized carbons (Fsp3) is 0.429. The van der Waals surface area contributed by atoms with Crippen LogP contribution in [0.3, 0.4) is 0 Å². The van der Waals surface area contributed by atoms with E-state index in [4.69, 9.17) is 10.5 Å². The minimum Gasteiger partial charge on any atom is -0.492 e. The molecule has 0 fully saturated rings.